The molecule has 0 heterocycles. The first-order chi connectivity index (χ1) is 11.4. The molecular formula is C19H21NO4. The molecule has 24 heavy (non-hydrogen) atoms. The molecule has 0 saturated carbocycles. The molecule has 0 aliphatic rings. The van der Waals surface area contributed by atoms with Crippen molar-refractivity contribution >= 4 is 17.6 Å². The zero-order chi connectivity index (χ0) is 17.7. The van der Waals surface area contributed by atoms with Crippen molar-refractivity contribution in [1.29, 1.82) is 0 Å². The van der Waals surface area contributed by atoms with Gasteiger partial charge in [-0.3, -0.25) is 4.79 Å². The van der Waals surface area contributed by atoms with Gasteiger partial charge < -0.3 is 14.8 Å². The molecule has 0 saturated heterocycles. The molecule has 2 aromatic carbocycles. The summed E-state index contributed by atoms with van der Waals surface area (Å²) in [6.07, 6.45) is 0. The molecule has 0 aliphatic carbocycles. The predicted molar refractivity (Wildman–Crippen MR) is 92.6 cm³/mol. The summed E-state index contributed by atoms with van der Waals surface area (Å²) in [5.41, 5.74) is 3.97. The van der Waals surface area contributed by atoms with Crippen LogP contribution in [0.25, 0.3) is 0 Å². The van der Waals surface area contributed by atoms with Crippen molar-refractivity contribution < 1.29 is 19.1 Å². The lowest BCUT2D eigenvalue weighted by atomic mass is 10.1. The van der Waals surface area contributed by atoms with E-state index in [9.17, 15) is 9.59 Å². The van der Waals surface area contributed by atoms with Crippen LogP contribution in [0.1, 0.15) is 27.0 Å². The average Bonchev–Trinajstić information content (AvgIpc) is 2.56. The number of carbonyl (C=O) groups excluding carboxylic acids is 2. The standard InChI is InChI=1S/C19H21NO4/c1-12-5-6-13(2)16(9-12)20-18(21)11-24-19(22)15-8-7-14(3)17(10-15)23-4/h5-10H,11H2,1-4H3,(H,20,21). The van der Waals surface area contributed by atoms with Crippen molar-refractivity contribution in [2.75, 3.05) is 19.0 Å². The van der Waals surface area contributed by atoms with Crippen LogP contribution in [-0.4, -0.2) is 25.6 Å². The predicted octanol–water partition coefficient (Wildman–Crippen LogP) is 3.42. The van der Waals surface area contributed by atoms with Gasteiger partial charge in [0.15, 0.2) is 6.61 Å². The highest BCUT2D eigenvalue weighted by Gasteiger charge is 2.13. The van der Waals surface area contributed by atoms with Crippen molar-refractivity contribution in [3.8, 4) is 5.75 Å². The smallest absolute Gasteiger partial charge is 0.338 e. The first-order valence-electron chi connectivity index (χ1n) is 7.59. The van der Waals surface area contributed by atoms with Gasteiger partial charge in [-0.2, -0.15) is 0 Å². The van der Waals surface area contributed by atoms with Crippen molar-refractivity contribution in [1.82, 2.24) is 0 Å². The van der Waals surface area contributed by atoms with Gasteiger partial charge in [-0.1, -0.05) is 18.2 Å². The van der Waals surface area contributed by atoms with E-state index in [2.05, 4.69) is 5.32 Å². The minimum absolute atomic E-state index is 0.344. The largest absolute Gasteiger partial charge is 0.496 e. The second kappa shape index (κ2) is 7.64. The van der Waals surface area contributed by atoms with Crippen molar-refractivity contribution in [2.24, 2.45) is 0 Å². The summed E-state index contributed by atoms with van der Waals surface area (Å²) in [5, 5.41) is 2.75. The number of benzene rings is 2. The van der Waals surface area contributed by atoms with E-state index < -0.39 is 5.97 Å². The molecule has 0 atom stereocenters. The van der Waals surface area contributed by atoms with E-state index in [1.54, 1.807) is 18.2 Å². The first-order valence-corrected chi connectivity index (χ1v) is 7.59. The summed E-state index contributed by atoms with van der Waals surface area (Å²) in [6.45, 7) is 5.38. The van der Waals surface area contributed by atoms with E-state index in [0.717, 1.165) is 16.7 Å². The number of carbonyl (C=O) groups is 2. The molecular weight excluding hydrogens is 306 g/mol. The van der Waals surface area contributed by atoms with Gasteiger partial charge in [-0.15, -0.1) is 0 Å². The van der Waals surface area contributed by atoms with Crippen LogP contribution in [0.15, 0.2) is 36.4 Å². The Morgan fingerprint density at radius 3 is 2.42 bits per heavy atom. The normalized spacial score (nSPS) is 10.2. The van der Waals surface area contributed by atoms with E-state index in [1.165, 1.54) is 7.11 Å². The summed E-state index contributed by atoms with van der Waals surface area (Å²) < 4.78 is 10.2. The molecule has 0 aromatic heterocycles. The Kier molecular flexibility index (Phi) is 5.58. The van der Waals surface area contributed by atoms with Crippen LogP contribution in [0.5, 0.6) is 5.75 Å². The third-order valence-corrected chi connectivity index (χ3v) is 3.65. The van der Waals surface area contributed by atoms with E-state index in [0.29, 0.717) is 17.0 Å². The molecule has 2 aromatic rings. The number of anilines is 1. The first kappa shape index (κ1) is 17.5. The summed E-state index contributed by atoms with van der Waals surface area (Å²) in [6, 6.07) is 10.8. The summed E-state index contributed by atoms with van der Waals surface area (Å²) >= 11 is 0. The minimum atomic E-state index is -0.565. The quantitative estimate of drug-likeness (QED) is 0.855. The number of esters is 1. The number of nitrogens with one attached hydrogen (secondary N) is 1. The maximum absolute atomic E-state index is 12.0. The number of aryl methyl sites for hydroxylation is 3. The number of hydrogen-bond acceptors (Lipinski definition) is 4. The van der Waals surface area contributed by atoms with Crippen LogP contribution < -0.4 is 10.1 Å². The van der Waals surface area contributed by atoms with Gasteiger partial charge in [0.2, 0.25) is 0 Å². The second-order valence-electron chi connectivity index (χ2n) is 5.63. The molecule has 1 amide bonds. The summed E-state index contributed by atoms with van der Waals surface area (Å²) in [7, 11) is 1.54. The summed E-state index contributed by atoms with van der Waals surface area (Å²) in [5.74, 6) is -0.343. The number of rotatable bonds is 5. The zero-order valence-corrected chi connectivity index (χ0v) is 14.3. The van der Waals surface area contributed by atoms with Gasteiger partial charge in [0, 0.05) is 5.69 Å². The Morgan fingerprint density at radius 1 is 1.00 bits per heavy atom. The Bertz CT molecular complexity index is 768. The van der Waals surface area contributed by atoms with Gasteiger partial charge in [0.05, 0.1) is 12.7 Å². The Hall–Kier alpha value is -2.82. The third kappa shape index (κ3) is 4.35. The fourth-order valence-electron chi connectivity index (χ4n) is 2.22. The average molecular weight is 327 g/mol. The molecule has 0 aliphatic heterocycles. The highest BCUT2D eigenvalue weighted by Crippen LogP contribution is 2.19. The molecule has 2 rings (SSSR count). The fourth-order valence-corrected chi connectivity index (χ4v) is 2.22. The van der Waals surface area contributed by atoms with Crippen molar-refractivity contribution in [2.45, 2.75) is 20.8 Å². The molecule has 126 valence electrons. The van der Waals surface area contributed by atoms with Gasteiger partial charge in [-0.25, -0.2) is 4.79 Å². The van der Waals surface area contributed by atoms with Crippen LogP contribution in [0.2, 0.25) is 0 Å². The molecule has 0 fully saturated rings. The SMILES string of the molecule is COc1cc(C(=O)OCC(=O)Nc2cc(C)ccc2C)ccc1C. The molecule has 5 heteroatoms. The molecule has 0 spiro atoms. The van der Waals surface area contributed by atoms with E-state index in [1.807, 2.05) is 39.0 Å². The highest BCUT2D eigenvalue weighted by molar-refractivity contribution is 5.96. The molecule has 0 unspecified atom stereocenters. The van der Waals surface area contributed by atoms with Crippen LogP contribution in [-0.2, 0) is 9.53 Å². The fraction of sp³-hybridized carbons (Fsp3) is 0.263. The number of hydrogen-bond donors (Lipinski definition) is 1. The third-order valence-electron chi connectivity index (χ3n) is 3.65. The van der Waals surface area contributed by atoms with E-state index in [4.69, 9.17) is 9.47 Å². The Morgan fingerprint density at radius 2 is 1.71 bits per heavy atom. The Labute approximate surface area is 141 Å². The molecule has 1 N–H and O–H groups in total. The molecule has 5 nitrogen and oxygen atoms in total. The second-order valence-corrected chi connectivity index (χ2v) is 5.63. The maximum Gasteiger partial charge on any atom is 0.338 e. The van der Waals surface area contributed by atoms with Gasteiger partial charge in [0.1, 0.15) is 5.75 Å². The zero-order valence-electron chi connectivity index (χ0n) is 14.3. The van der Waals surface area contributed by atoms with Gasteiger partial charge >= 0.3 is 5.97 Å². The minimum Gasteiger partial charge on any atom is -0.496 e. The highest BCUT2D eigenvalue weighted by atomic mass is 16.5. The lowest BCUT2D eigenvalue weighted by Crippen LogP contribution is -2.21. The molecule has 0 bridgehead atoms. The number of ether oxygens (including phenoxy) is 2. The summed E-state index contributed by atoms with van der Waals surface area (Å²) in [4.78, 5) is 24.0. The van der Waals surface area contributed by atoms with Crippen molar-refractivity contribution in [3.05, 3.63) is 58.7 Å². The monoisotopic (exact) mass is 327 g/mol. The van der Waals surface area contributed by atoms with Crippen LogP contribution in [0.3, 0.4) is 0 Å². The number of amides is 1. The topological polar surface area (TPSA) is 64.6 Å². The van der Waals surface area contributed by atoms with E-state index in [-0.39, 0.29) is 12.5 Å². The lowest BCUT2D eigenvalue weighted by Gasteiger charge is -2.10. The van der Waals surface area contributed by atoms with Gasteiger partial charge in [0.25, 0.3) is 5.91 Å². The van der Waals surface area contributed by atoms with Crippen LogP contribution in [0.4, 0.5) is 5.69 Å². The van der Waals surface area contributed by atoms with Gasteiger partial charge in [-0.05, 0) is 55.7 Å². The molecule has 0 radical (unpaired) electrons. The van der Waals surface area contributed by atoms with Crippen LogP contribution in [0, 0.1) is 20.8 Å². The Balaban J connectivity index is 1.96. The lowest BCUT2D eigenvalue weighted by molar-refractivity contribution is -0.119. The number of methoxy groups -OCH3 is 1. The van der Waals surface area contributed by atoms with Crippen molar-refractivity contribution in [3.63, 3.8) is 0 Å². The maximum atomic E-state index is 12.0. The van der Waals surface area contributed by atoms with Crippen LogP contribution >= 0.6 is 0 Å². The van der Waals surface area contributed by atoms with E-state index >= 15 is 0 Å².